The Morgan fingerprint density at radius 3 is 2.19 bits per heavy atom. The Balaban J connectivity index is 1.74. The van der Waals surface area contributed by atoms with Gasteiger partial charge in [-0.3, -0.25) is 9.59 Å². The van der Waals surface area contributed by atoms with E-state index in [2.05, 4.69) is 0 Å². The first-order valence-corrected chi connectivity index (χ1v) is 9.53. The second-order valence-corrected chi connectivity index (χ2v) is 7.21. The van der Waals surface area contributed by atoms with E-state index in [4.69, 9.17) is 14.6 Å². The summed E-state index contributed by atoms with van der Waals surface area (Å²) in [5, 5.41) is 38.6. The van der Waals surface area contributed by atoms with Crippen molar-refractivity contribution in [3.8, 4) is 0 Å². The molecule has 0 radical (unpaired) electrons. The number of hydrogen-bond donors (Lipinski definition) is 4. The quantitative estimate of drug-likeness (QED) is 0.378. The van der Waals surface area contributed by atoms with Crippen molar-refractivity contribution in [3.63, 3.8) is 0 Å². The zero-order chi connectivity index (χ0) is 22.7. The zero-order valence-corrected chi connectivity index (χ0v) is 16.5. The van der Waals surface area contributed by atoms with Gasteiger partial charge in [0, 0.05) is 11.1 Å². The number of aliphatic carboxylic acids is 1. The van der Waals surface area contributed by atoms with E-state index in [-0.39, 0.29) is 5.78 Å². The predicted octanol–water partition coefficient (Wildman–Crippen LogP) is 0.457. The molecule has 1 saturated heterocycles. The van der Waals surface area contributed by atoms with Crippen LogP contribution in [0.5, 0.6) is 0 Å². The highest BCUT2D eigenvalue weighted by atomic mass is 16.7. The average molecular weight is 430 g/mol. The van der Waals surface area contributed by atoms with Gasteiger partial charge in [0.2, 0.25) is 6.29 Å². The van der Waals surface area contributed by atoms with Gasteiger partial charge < -0.3 is 29.9 Å². The van der Waals surface area contributed by atoms with Crippen LogP contribution in [0.1, 0.15) is 34.3 Å². The fraction of sp³-hybridized carbons (Fsp3) is 0.318. The van der Waals surface area contributed by atoms with E-state index in [9.17, 15) is 29.7 Å². The molecule has 4 N–H and O–H groups in total. The molecule has 2 aromatic rings. The minimum Gasteiger partial charge on any atom is -0.479 e. The third-order valence-electron chi connectivity index (χ3n) is 5.08. The zero-order valence-electron chi connectivity index (χ0n) is 16.5. The van der Waals surface area contributed by atoms with Gasteiger partial charge in [0.05, 0.1) is 5.92 Å². The SMILES string of the molecule is CC(C(=O)O[C@@H]1O[C@H](C(=O)O)[C@@H](O)[C@H](O)[C@H]1O)c1cccc(C(=O)c2ccccc2)c1. The number of aliphatic hydroxyl groups excluding tert-OH is 3. The third kappa shape index (κ3) is 4.80. The largest absolute Gasteiger partial charge is 0.479 e. The number of ketones is 1. The summed E-state index contributed by atoms with van der Waals surface area (Å²) >= 11 is 0. The number of carboxylic acid groups (broad SMARTS) is 1. The molecule has 1 heterocycles. The Hall–Kier alpha value is -3.11. The Morgan fingerprint density at radius 2 is 1.55 bits per heavy atom. The van der Waals surface area contributed by atoms with Gasteiger partial charge in [-0.15, -0.1) is 0 Å². The number of carboxylic acids is 1. The smallest absolute Gasteiger partial charge is 0.335 e. The number of carbonyl (C=O) groups is 3. The lowest BCUT2D eigenvalue weighted by atomic mass is 9.95. The molecule has 1 aliphatic heterocycles. The van der Waals surface area contributed by atoms with Gasteiger partial charge in [0.25, 0.3) is 0 Å². The van der Waals surface area contributed by atoms with Crippen LogP contribution in [0.3, 0.4) is 0 Å². The number of benzene rings is 2. The first-order valence-electron chi connectivity index (χ1n) is 9.53. The summed E-state index contributed by atoms with van der Waals surface area (Å²) in [7, 11) is 0. The van der Waals surface area contributed by atoms with E-state index in [0.717, 1.165) is 0 Å². The van der Waals surface area contributed by atoms with Crippen LogP contribution in [0, 0.1) is 0 Å². The van der Waals surface area contributed by atoms with E-state index in [0.29, 0.717) is 16.7 Å². The monoisotopic (exact) mass is 430 g/mol. The van der Waals surface area contributed by atoms with Gasteiger partial charge in [-0.25, -0.2) is 4.79 Å². The predicted molar refractivity (Wildman–Crippen MR) is 105 cm³/mol. The van der Waals surface area contributed by atoms with Crippen LogP contribution in [-0.2, 0) is 19.1 Å². The highest BCUT2D eigenvalue weighted by Gasteiger charge is 2.48. The van der Waals surface area contributed by atoms with E-state index >= 15 is 0 Å². The van der Waals surface area contributed by atoms with Crippen molar-refractivity contribution in [2.45, 2.75) is 43.5 Å². The second-order valence-electron chi connectivity index (χ2n) is 7.21. The molecule has 6 atom stereocenters. The molecule has 0 spiro atoms. The van der Waals surface area contributed by atoms with Gasteiger partial charge >= 0.3 is 11.9 Å². The summed E-state index contributed by atoms with van der Waals surface area (Å²) in [5.41, 5.74) is 1.30. The third-order valence-corrected chi connectivity index (χ3v) is 5.08. The van der Waals surface area contributed by atoms with Crippen LogP contribution in [0.4, 0.5) is 0 Å². The van der Waals surface area contributed by atoms with Crippen LogP contribution in [0.25, 0.3) is 0 Å². The number of hydrogen-bond acceptors (Lipinski definition) is 8. The lowest BCUT2D eigenvalue weighted by molar-refractivity contribution is -0.286. The van der Waals surface area contributed by atoms with E-state index in [1.807, 2.05) is 0 Å². The maximum absolute atomic E-state index is 12.6. The van der Waals surface area contributed by atoms with E-state index in [1.54, 1.807) is 48.5 Å². The highest BCUT2D eigenvalue weighted by molar-refractivity contribution is 6.09. The maximum Gasteiger partial charge on any atom is 0.335 e. The van der Waals surface area contributed by atoms with Crippen molar-refractivity contribution in [2.24, 2.45) is 0 Å². The Kier molecular flexibility index (Phi) is 6.81. The molecule has 0 saturated carbocycles. The molecule has 0 aromatic heterocycles. The van der Waals surface area contributed by atoms with Crippen molar-refractivity contribution in [2.75, 3.05) is 0 Å². The standard InChI is InChI=1S/C22H22O9/c1-11(13-8-5-9-14(10-13)15(23)12-6-3-2-4-7-12)21(29)31-22-18(26)16(24)17(25)19(30-22)20(27)28/h2-11,16-19,22,24-26H,1H3,(H,27,28)/t11?,16-,17-,18+,19-,22-/m0/s1. The number of aliphatic hydroxyl groups is 3. The van der Waals surface area contributed by atoms with Gasteiger partial charge in [0.1, 0.15) is 18.3 Å². The minimum absolute atomic E-state index is 0.226. The fourth-order valence-corrected chi connectivity index (χ4v) is 3.21. The average Bonchev–Trinajstić information content (AvgIpc) is 2.78. The molecule has 9 heteroatoms. The Morgan fingerprint density at radius 1 is 0.903 bits per heavy atom. The van der Waals surface area contributed by atoms with Crippen molar-refractivity contribution in [1.29, 1.82) is 0 Å². The molecule has 2 aromatic carbocycles. The lowest BCUT2D eigenvalue weighted by Crippen LogP contribution is -2.60. The molecule has 1 aliphatic rings. The first kappa shape index (κ1) is 22.6. The normalized spacial score (nSPS) is 26.6. The molecule has 31 heavy (non-hydrogen) atoms. The molecule has 3 rings (SSSR count). The minimum atomic E-state index is -1.89. The lowest BCUT2D eigenvalue weighted by Gasteiger charge is -2.38. The highest BCUT2D eigenvalue weighted by Crippen LogP contribution is 2.26. The topological polar surface area (TPSA) is 151 Å². The number of carbonyl (C=O) groups excluding carboxylic acids is 2. The van der Waals surface area contributed by atoms with Crippen LogP contribution in [0.15, 0.2) is 54.6 Å². The number of rotatable bonds is 6. The summed E-state index contributed by atoms with van der Waals surface area (Å²) in [5.74, 6) is -3.58. The second kappa shape index (κ2) is 9.36. The maximum atomic E-state index is 12.6. The van der Waals surface area contributed by atoms with Crippen LogP contribution >= 0.6 is 0 Å². The van der Waals surface area contributed by atoms with Crippen LogP contribution in [-0.4, -0.2) is 68.9 Å². The van der Waals surface area contributed by atoms with Crippen molar-refractivity contribution >= 4 is 17.7 Å². The van der Waals surface area contributed by atoms with Gasteiger partial charge in [-0.1, -0.05) is 48.5 Å². The Bertz CT molecular complexity index is 958. The molecule has 164 valence electrons. The number of ether oxygens (including phenoxy) is 2. The van der Waals surface area contributed by atoms with E-state index in [1.165, 1.54) is 13.0 Å². The van der Waals surface area contributed by atoms with Crippen LogP contribution in [0.2, 0.25) is 0 Å². The molecular weight excluding hydrogens is 408 g/mol. The molecule has 0 aliphatic carbocycles. The molecule has 1 unspecified atom stereocenters. The molecular formula is C22H22O9. The summed E-state index contributed by atoms with van der Waals surface area (Å²) in [6.45, 7) is 1.50. The van der Waals surface area contributed by atoms with Crippen molar-refractivity contribution in [3.05, 3.63) is 71.3 Å². The van der Waals surface area contributed by atoms with Crippen molar-refractivity contribution < 1.29 is 44.3 Å². The van der Waals surface area contributed by atoms with Gasteiger partial charge in [-0.05, 0) is 18.6 Å². The molecule has 1 fully saturated rings. The van der Waals surface area contributed by atoms with E-state index < -0.39 is 48.6 Å². The van der Waals surface area contributed by atoms with Crippen molar-refractivity contribution in [1.82, 2.24) is 0 Å². The summed E-state index contributed by atoms with van der Waals surface area (Å²) in [6.07, 6.45) is -9.27. The summed E-state index contributed by atoms with van der Waals surface area (Å²) in [6, 6.07) is 15.0. The van der Waals surface area contributed by atoms with Gasteiger partial charge in [0.15, 0.2) is 11.9 Å². The molecule has 9 nitrogen and oxygen atoms in total. The van der Waals surface area contributed by atoms with Crippen LogP contribution < -0.4 is 0 Å². The Labute approximate surface area is 177 Å². The summed E-state index contributed by atoms with van der Waals surface area (Å²) in [4.78, 5) is 36.4. The molecule has 0 bridgehead atoms. The summed E-state index contributed by atoms with van der Waals surface area (Å²) < 4.78 is 10.0. The fourth-order valence-electron chi connectivity index (χ4n) is 3.21. The number of esters is 1. The van der Waals surface area contributed by atoms with Gasteiger partial charge in [-0.2, -0.15) is 0 Å². The molecule has 0 amide bonds. The first-order chi connectivity index (χ1) is 14.7.